The van der Waals surface area contributed by atoms with Crippen LogP contribution < -0.4 is 0 Å². The van der Waals surface area contributed by atoms with Gasteiger partial charge in [0.1, 0.15) is 5.60 Å². The van der Waals surface area contributed by atoms with Gasteiger partial charge in [-0.3, -0.25) is 4.99 Å². The summed E-state index contributed by atoms with van der Waals surface area (Å²) in [6, 6.07) is 24.9. The number of hydrogen-bond acceptors (Lipinski definition) is 2. The Labute approximate surface area is 167 Å². The maximum absolute atomic E-state index is 11.9. The third-order valence-corrected chi connectivity index (χ3v) is 5.83. The number of aliphatic imine (C=N–C) groups is 1. The monoisotopic (exact) mass is 369 g/mol. The zero-order valence-electron chi connectivity index (χ0n) is 16.4. The summed E-state index contributed by atoms with van der Waals surface area (Å²) in [6.45, 7) is 2.86. The molecule has 1 atom stereocenters. The highest BCUT2D eigenvalue weighted by Gasteiger charge is 2.36. The van der Waals surface area contributed by atoms with Crippen LogP contribution in [0.25, 0.3) is 0 Å². The van der Waals surface area contributed by atoms with Gasteiger partial charge in [-0.25, -0.2) is 0 Å². The van der Waals surface area contributed by atoms with Crippen LogP contribution in [0.3, 0.4) is 0 Å². The van der Waals surface area contributed by atoms with Gasteiger partial charge in [0.15, 0.2) is 0 Å². The van der Waals surface area contributed by atoms with Gasteiger partial charge in [0.25, 0.3) is 0 Å². The molecule has 1 N–H and O–H groups in total. The molecule has 0 heterocycles. The molecular formula is C26H27NO. The molecule has 0 amide bonds. The van der Waals surface area contributed by atoms with Gasteiger partial charge in [-0.05, 0) is 66.0 Å². The normalized spacial score (nSPS) is 18.5. The Kier molecular flexibility index (Phi) is 5.40. The number of nitrogens with zero attached hydrogens (tertiary/aromatic N) is 1. The highest BCUT2D eigenvalue weighted by Crippen LogP contribution is 2.41. The standard InChI is InChI=1S/C26H27NO/c1-20-9-7-14-25-23(20)16-15-22-12-5-6-13-24(22)26(25,28)17-8-18-27-19-21-10-3-2-4-11-21/h2-7,9-14,19,28H,8,15-18H2,1H3/b27-19+. The highest BCUT2D eigenvalue weighted by atomic mass is 16.3. The fourth-order valence-electron chi connectivity index (χ4n) is 4.37. The minimum absolute atomic E-state index is 0.673. The van der Waals surface area contributed by atoms with Crippen molar-refractivity contribution in [1.29, 1.82) is 0 Å². The lowest BCUT2D eigenvalue weighted by Crippen LogP contribution is -2.29. The second-order valence-electron chi connectivity index (χ2n) is 7.67. The molecule has 1 aliphatic rings. The molecule has 3 aromatic rings. The average Bonchev–Trinajstić information content (AvgIpc) is 2.85. The lowest BCUT2D eigenvalue weighted by molar-refractivity contribution is 0.0688. The van der Waals surface area contributed by atoms with E-state index in [1.807, 2.05) is 30.5 Å². The molecule has 2 nitrogen and oxygen atoms in total. The number of fused-ring (bicyclic) bond motifs is 2. The summed E-state index contributed by atoms with van der Waals surface area (Å²) in [5, 5.41) is 11.9. The Morgan fingerprint density at radius 1 is 0.893 bits per heavy atom. The minimum Gasteiger partial charge on any atom is -0.380 e. The van der Waals surface area contributed by atoms with Crippen LogP contribution in [0.5, 0.6) is 0 Å². The van der Waals surface area contributed by atoms with E-state index < -0.39 is 5.60 Å². The first-order chi connectivity index (χ1) is 13.7. The molecule has 142 valence electrons. The molecule has 0 aliphatic heterocycles. The second-order valence-corrected chi connectivity index (χ2v) is 7.67. The quantitative estimate of drug-likeness (QED) is 0.485. The van der Waals surface area contributed by atoms with E-state index >= 15 is 0 Å². The van der Waals surface area contributed by atoms with Gasteiger partial charge in [0, 0.05) is 12.8 Å². The maximum Gasteiger partial charge on any atom is 0.115 e. The SMILES string of the molecule is Cc1cccc2c1CCc1ccccc1C2(O)CCC/N=C/c1ccccc1. The van der Waals surface area contributed by atoms with Crippen molar-refractivity contribution in [3.8, 4) is 0 Å². The third kappa shape index (κ3) is 3.65. The van der Waals surface area contributed by atoms with Gasteiger partial charge in [0.05, 0.1) is 0 Å². The van der Waals surface area contributed by atoms with Gasteiger partial charge >= 0.3 is 0 Å². The zero-order chi connectivity index (χ0) is 19.4. The Morgan fingerprint density at radius 3 is 2.50 bits per heavy atom. The zero-order valence-corrected chi connectivity index (χ0v) is 16.4. The predicted octanol–water partition coefficient (Wildman–Crippen LogP) is 5.23. The van der Waals surface area contributed by atoms with Gasteiger partial charge in [-0.1, -0.05) is 72.8 Å². The van der Waals surface area contributed by atoms with Crippen LogP contribution >= 0.6 is 0 Å². The van der Waals surface area contributed by atoms with Crippen molar-refractivity contribution in [1.82, 2.24) is 0 Å². The number of rotatable bonds is 5. The van der Waals surface area contributed by atoms with E-state index in [4.69, 9.17) is 0 Å². The van der Waals surface area contributed by atoms with E-state index in [0.717, 1.165) is 36.0 Å². The lowest BCUT2D eigenvalue weighted by atomic mass is 9.79. The molecule has 0 saturated carbocycles. The summed E-state index contributed by atoms with van der Waals surface area (Å²) in [5.74, 6) is 0. The molecule has 2 heteroatoms. The van der Waals surface area contributed by atoms with Gasteiger partial charge in [-0.2, -0.15) is 0 Å². The van der Waals surface area contributed by atoms with Gasteiger partial charge in [0.2, 0.25) is 0 Å². The summed E-state index contributed by atoms with van der Waals surface area (Å²) in [4.78, 5) is 4.57. The number of aryl methyl sites for hydroxylation is 2. The van der Waals surface area contributed by atoms with E-state index in [9.17, 15) is 5.11 Å². The maximum atomic E-state index is 11.9. The third-order valence-electron chi connectivity index (χ3n) is 5.83. The van der Waals surface area contributed by atoms with E-state index in [-0.39, 0.29) is 0 Å². The van der Waals surface area contributed by atoms with Crippen LogP contribution in [0.2, 0.25) is 0 Å². The van der Waals surface area contributed by atoms with E-state index in [2.05, 4.69) is 60.4 Å². The Morgan fingerprint density at radius 2 is 1.64 bits per heavy atom. The first-order valence-electron chi connectivity index (χ1n) is 10.1. The van der Waals surface area contributed by atoms with E-state index in [1.165, 1.54) is 16.7 Å². The molecule has 0 fully saturated rings. The smallest absolute Gasteiger partial charge is 0.115 e. The van der Waals surface area contributed by atoms with Crippen molar-refractivity contribution in [3.63, 3.8) is 0 Å². The Balaban J connectivity index is 1.59. The molecule has 28 heavy (non-hydrogen) atoms. The van der Waals surface area contributed by atoms with Crippen LogP contribution in [0, 0.1) is 6.92 Å². The van der Waals surface area contributed by atoms with Crippen molar-refractivity contribution < 1.29 is 5.11 Å². The summed E-state index contributed by atoms with van der Waals surface area (Å²) in [7, 11) is 0. The van der Waals surface area contributed by atoms with Crippen molar-refractivity contribution in [2.75, 3.05) is 6.54 Å². The molecule has 1 unspecified atom stereocenters. The molecule has 0 saturated heterocycles. The van der Waals surface area contributed by atoms with Crippen LogP contribution in [-0.2, 0) is 18.4 Å². The van der Waals surface area contributed by atoms with Crippen LogP contribution in [-0.4, -0.2) is 17.9 Å². The summed E-state index contributed by atoms with van der Waals surface area (Å²) in [6.07, 6.45) is 5.38. The molecule has 4 rings (SSSR count). The van der Waals surface area contributed by atoms with Crippen molar-refractivity contribution in [2.45, 2.75) is 38.2 Å². The summed E-state index contributed by atoms with van der Waals surface area (Å²) < 4.78 is 0. The number of benzene rings is 3. The molecule has 1 aliphatic carbocycles. The van der Waals surface area contributed by atoms with Crippen LogP contribution in [0.4, 0.5) is 0 Å². The highest BCUT2D eigenvalue weighted by molar-refractivity contribution is 5.79. The molecule has 0 bridgehead atoms. The van der Waals surface area contributed by atoms with Crippen molar-refractivity contribution >= 4 is 6.21 Å². The molecule has 0 radical (unpaired) electrons. The van der Waals surface area contributed by atoms with E-state index in [1.54, 1.807) is 0 Å². The average molecular weight is 370 g/mol. The first kappa shape index (κ1) is 18.6. The van der Waals surface area contributed by atoms with Crippen LogP contribution in [0.15, 0.2) is 77.8 Å². The van der Waals surface area contributed by atoms with Crippen molar-refractivity contribution in [2.24, 2.45) is 4.99 Å². The number of hydrogen-bond donors (Lipinski definition) is 1. The molecule has 0 aromatic heterocycles. The fourth-order valence-corrected chi connectivity index (χ4v) is 4.37. The van der Waals surface area contributed by atoms with Crippen molar-refractivity contribution in [3.05, 3.63) is 106 Å². The summed E-state index contributed by atoms with van der Waals surface area (Å²) >= 11 is 0. The molecule has 3 aromatic carbocycles. The molecule has 0 spiro atoms. The van der Waals surface area contributed by atoms with Gasteiger partial charge in [-0.15, -0.1) is 0 Å². The molecular weight excluding hydrogens is 342 g/mol. The lowest BCUT2D eigenvalue weighted by Gasteiger charge is -2.31. The predicted molar refractivity (Wildman–Crippen MR) is 116 cm³/mol. The largest absolute Gasteiger partial charge is 0.380 e. The second kappa shape index (κ2) is 8.12. The fraction of sp³-hybridized carbons (Fsp3) is 0.269. The minimum atomic E-state index is -0.948. The summed E-state index contributed by atoms with van der Waals surface area (Å²) in [5.41, 5.74) is 6.13. The first-order valence-corrected chi connectivity index (χ1v) is 10.1. The Hall–Kier alpha value is -2.71. The van der Waals surface area contributed by atoms with E-state index in [0.29, 0.717) is 13.0 Å². The van der Waals surface area contributed by atoms with Gasteiger partial charge < -0.3 is 5.11 Å². The Bertz CT molecular complexity index is 977. The number of aliphatic hydroxyl groups is 1. The van der Waals surface area contributed by atoms with Crippen LogP contribution in [0.1, 0.15) is 46.2 Å². The topological polar surface area (TPSA) is 32.6 Å².